The second kappa shape index (κ2) is 8.27. The maximum absolute atomic E-state index is 11.1. The topological polar surface area (TPSA) is 52.6 Å². The molecule has 1 fully saturated rings. The molecule has 0 saturated carbocycles. The van der Waals surface area contributed by atoms with Crippen LogP contribution in [0.1, 0.15) is 38.7 Å². The van der Waals surface area contributed by atoms with Gasteiger partial charge in [-0.25, -0.2) is 0 Å². The largest absolute Gasteiger partial charge is 0.481 e. The molecule has 2 N–H and O–H groups in total. The minimum Gasteiger partial charge on any atom is -0.481 e. The first-order valence-electron chi connectivity index (χ1n) is 8.31. The molecule has 0 radical (unpaired) electrons. The number of rotatable bonds is 7. The van der Waals surface area contributed by atoms with Gasteiger partial charge in [-0.15, -0.1) is 0 Å². The lowest BCUT2D eigenvalue weighted by molar-refractivity contribution is -0.147. The number of halogens is 1. The highest BCUT2D eigenvalue weighted by atomic mass is 79.9. The summed E-state index contributed by atoms with van der Waals surface area (Å²) in [6, 6.07) is 8.90. The highest BCUT2D eigenvalue weighted by molar-refractivity contribution is 9.10. The zero-order chi connectivity index (χ0) is 16.9. The Morgan fingerprint density at radius 2 is 2.00 bits per heavy atom. The fraction of sp³-hybridized carbons (Fsp3) is 0.611. The average molecular weight is 383 g/mol. The number of nitrogens with one attached hydrogen (secondary N) is 1. The van der Waals surface area contributed by atoms with Gasteiger partial charge in [0.2, 0.25) is 0 Å². The van der Waals surface area contributed by atoms with Crippen LogP contribution in [0.3, 0.4) is 0 Å². The lowest BCUT2D eigenvalue weighted by atomic mass is 9.89. The van der Waals surface area contributed by atoms with E-state index >= 15 is 0 Å². The number of carboxylic acids is 1. The monoisotopic (exact) mass is 382 g/mol. The van der Waals surface area contributed by atoms with Crippen molar-refractivity contribution in [3.63, 3.8) is 0 Å². The molecule has 1 aliphatic rings. The van der Waals surface area contributed by atoms with Crippen LogP contribution in [0.15, 0.2) is 28.7 Å². The first-order valence-corrected chi connectivity index (χ1v) is 9.10. The van der Waals surface area contributed by atoms with E-state index in [9.17, 15) is 4.79 Å². The summed E-state index contributed by atoms with van der Waals surface area (Å²) in [4.78, 5) is 13.6. The van der Waals surface area contributed by atoms with E-state index in [2.05, 4.69) is 44.3 Å². The molecule has 0 aliphatic carbocycles. The van der Waals surface area contributed by atoms with Crippen LogP contribution in [0.2, 0.25) is 0 Å². The molecule has 0 atom stereocenters. The molecule has 1 aliphatic heterocycles. The first kappa shape index (κ1) is 18.4. The number of carboxylic acid groups (broad SMARTS) is 1. The van der Waals surface area contributed by atoms with Crippen LogP contribution < -0.4 is 5.32 Å². The van der Waals surface area contributed by atoms with Gasteiger partial charge in [0.25, 0.3) is 0 Å². The molecular formula is C18H27BrN2O2. The van der Waals surface area contributed by atoms with Crippen LogP contribution in [0.25, 0.3) is 0 Å². The summed E-state index contributed by atoms with van der Waals surface area (Å²) in [5.41, 5.74) is 0.690. The molecule has 1 aromatic carbocycles. The van der Waals surface area contributed by atoms with Gasteiger partial charge in [0.05, 0.1) is 5.41 Å². The molecule has 2 rings (SSSR count). The highest BCUT2D eigenvalue weighted by Gasteiger charge is 2.27. The molecular weight excluding hydrogens is 356 g/mol. The van der Waals surface area contributed by atoms with Gasteiger partial charge in [0, 0.05) is 17.1 Å². The lowest BCUT2D eigenvalue weighted by Crippen LogP contribution is -2.43. The minimum absolute atomic E-state index is 0.509. The Morgan fingerprint density at radius 1 is 1.35 bits per heavy atom. The summed E-state index contributed by atoms with van der Waals surface area (Å²) < 4.78 is 1.18. The molecule has 0 bridgehead atoms. The van der Waals surface area contributed by atoms with Crippen LogP contribution in [0, 0.1) is 5.41 Å². The maximum Gasteiger partial charge on any atom is 0.309 e. The summed E-state index contributed by atoms with van der Waals surface area (Å²) in [5, 5.41) is 12.7. The predicted octanol–water partition coefficient (Wildman–Crippen LogP) is 3.50. The summed E-state index contributed by atoms with van der Waals surface area (Å²) in [6.45, 7) is 7.51. The average Bonchev–Trinajstić information content (AvgIpc) is 2.51. The lowest BCUT2D eigenvalue weighted by Gasteiger charge is -2.33. The fourth-order valence-corrected chi connectivity index (χ4v) is 3.27. The Labute approximate surface area is 147 Å². The van der Waals surface area contributed by atoms with Gasteiger partial charge in [-0.1, -0.05) is 34.1 Å². The number of aliphatic carboxylic acids is 1. The standard InChI is InChI=1S/C18H27BrN2O2/c1-18(2,17(22)23)9-10-20-15-7-11-21(12-8-15)13-14-5-3-4-6-16(14)19/h3-6,15,20H,7-13H2,1-2H3,(H,22,23). The molecule has 1 heterocycles. The molecule has 0 unspecified atom stereocenters. The molecule has 4 nitrogen and oxygen atoms in total. The number of hydrogen-bond donors (Lipinski definition) is 2. The van der Waals surface area contributed by atoms with Crippen molar-refractivity contribution in [2.24, 2.45) is 5.41 Å². The quantitative estimate of drug-likeness (QED) is 0.757. The second-order valence-electron chi connectivity index (χ2n) is 7.03. The van der Waals surface area contributed by atoms with E-state index < -0.39 is 11.4 Å². The summed E-state index contributed by atoms with van der Waals surface area (Å²) in [6.07, 6.45) is 2.91. The van der Waals surface area contributed by atoms with Crippen molar-refractivity contribution in [3.05, 3.63) is 34.3 Å². The van der Waals surface area contributed by atoms with Gasteiger partial charge in [0.1, 0.15) is 0 Å². The highest BCUT2D eigenvalue weighted by Crippen LogP contribution is 2.22. The minimum atomic E-state index is -0.720. The van der Waals surface area contributed by atoms with Crippen molar-refractivity contribution in [2.45, 2.75) is 45.7 Å². The van der Waals surface area contributed by atoms with Crippen molar-refractivity contribution >= 4 is 21.9 Å². The van der Waals surface area contributed by atoms with E-state index in [1.54, 1.807) is 13.8 Å². The fourth-order valence-electron chi connectivity index (χ4n) is 2.86. The Hall–Kier alpha value is -0.910. The van der Waals surface area contributed by atoms with Crippen LogP contribution in [0.5, 0.6) is 0 Å². The van der Waals surface area contributed by atoms with Crippen LogP contribution in [-0.4, -0.2) is 41.7 Å². The van der Waals surface area contributed by atoms with Crippen LogP contribution in [-0.2, 0) is 11.3 Å². The number of piperidine rings is 1. The van der Waals surface area contributed by atoms with Gasteiger partial charge in [-0.3, -0.25) is 9.69 Å². The van der Waals surface area contributed by atoms with E-state index in [4.69, 9.17) is 5.11 Å². The van der Waals surface area contributed by atoms with Gasteiger partial charge in [0.15, 0.2) is 0 Å². The van der Waals surface area contributed by atoms with Gasteiger partial charge >= 0.3 is 5.97 Å². The predicted molar refractivity (Wildman–Crippen MR) is 96.5 cm³/mol. The zero-order valence-electron chi connectivity index (χ0n) is 14.0. The van der Waals surface area contributed by atoms with E-state index in [0.717, 1.165) is 39.0 Å². The summed E-state index contributed by atoms with van der Waals surface area (Å²) in [7, 11) is 0. The number of nitrogens with zero attached hydrogens (tertiary/aromatic N) is 1. The number of benzene rings is 1. The number of carbonyl (C=O) groups is 1. The van der Waals surface area contributed by atoms with Gasteiger partial charge < -0.3 is 10.4 Å². The Balaban J connectivity index is 1.70. The first-order chi connectivity index (χ1) is 10.9. The normalized spacial score (nSPS) is 17.3. The molecule has 5 heteroatoms. The SMILES string of the molecule is CC(C)(CCNC1CCN(Cc2ccccc2Br)CC1)C(=O)O. The van der Waals surface area contributed by atoms with Gasteiger partial charge in [-0.05, 0) is 64.4 Å². The summed E-state index contributed by atoms with van der Waals surface area (Å²) >= 11 is 3.61. The maximum atomic E-state index is 11.1. The molecule has 1 saturated heterocycles. The summed E-state index contributed by atoms with van der Waals surface area (Å²) in [5.74, 6) is -0.720. The third-order valence-corrected chi connectivity index (χ3v) is 5.47. The number of likely N-dealkylation sites (tertiary alicyclic amines) is 1. The van der Waals surface area contributed by atoms with E-state index in [1.165, 1.54) is 10.0 Å². The van der Waals surface area contributed by atoms with Crippen LogP contribution in [0.4, 0.5) is 0 Å². The van der Waals surface area contributed by atoms with E-state index in [-0.39, 0.29) is 0 Å². The van der Waals surface area contributed by atoms with Crippen molar-refractivity contribution in [2.75, 3.05) is 19.6 Å². The van der Waals surface area contributed by atoms with Crippen molar-refractivity contribution in [3.8, 4) is 0 Å². The smallest absolute Gasteiger partial charge is 0.309 e. The molecule has 0 amide bonds. The number of hydrogen-bond acceptors (Lipinski definition) is 3. The van der Waals surface area contributed by atoms with E-state index in [1.807, 2.05) is 6.07 Å². The van der Waals surface area contributed by atoms with Gasteiger partial charge in [-0.2, -0.15) is 0 Å². The Kier molecular flexibility index (Phi) is 6.62. The molecule has 23 heavy (non-hydrogen) atoms. The second-order valence-corrected chi connectivity index (χ2v) is 7.89. The molecule has 0 aromatic heterocycles. The molecule has 0 spiro atoms. The zero-order valence-corrected chi connectivity index (χ0v) is 15.6. The van der Waals surface area contributed by atoms with Crippen molar-refractivity contribution < 1.29 is 9.90 Å². The van der Waals surface area contributed by atoms with Crippen molar-refractivity contribution in [1.82, 2.24) is 10.2 Å². The molecule has 128 valence electrons. The third-order valence-electron chi connectivity index (χ3n) is 4.70. The molecule has 1 aromatic rings. The Morgan fingerprint density at radius 3 is 2.61 bits per heavy atom. The van der Waals surface area contributed by atoms with E-state index in [0.29, 0.717) is 12.5 Å². The van der Waals surface area contributed by atoms with Crippen molar-refractivity contribution in [1.29, 1.82) is 0 Å². The van der Waals surface area contributed by atoms with Crippen LogP contribution >= 0.6 is 15.9 Å². The Bertz CT molecular complexity index is 526. The third kappa shape index (κ3) is 5.59.